The highest BCUT2D eigenvalue weighted by Crippen LogP contribution is 2.19. The predicted octanol–water partition coefficient (Wildman–Crippen LogP) is 2.13. The molecule has 29 heavy (non-hydrogen) atoms. The molecule has 0 bridgehead atoms. The fourth-order valence-corrected chi connectivity index (χ4v) is 3.28. The van der Waals surface area contributed by atoms with E-state index in [0.29, 0.717) is 50.9 Å². The standard InChI is InChI=1S/C22H27FN4O2/c1-24-22(25-15-18-9-5-6-10-20(18)23)26-16-19(17-7-3-2-4-8-17)21(28)27-11-13-29-14-12-27/h2-10,19H,11-16H2,1H3,(H2,24,25,26). The highest BCUT2D eigenvalue weighted by atomic mass is 19.1. The van der Waals surface area contributed by atoms with Gasteiger partial charge in [-0.3, -0.25) is 9.79 Å². The van der Waals surface area contributed by atoms with Crippen LogP contribution in [0.15, 0.2) is 59.6 Å². The zero-order chi connectivity index (χ0) is 20.5. The predicted molar refractivity (Wildman–Crippen MR) is 111 cm³/mol. The number of morpholine rings is 1. The first-order valence-electron chi connectivity index (χ1n) is 9.78. The van der Waals surface area contributed by atoms with Crippen LogP contribution in [-0.2, 0) is 16.1 Å². The summed E-state index contributed by atoms with van der Waals surface area (Å²) in [5.41, 5.74) is 1.50. The van der Waals surface area contributed by atoms with Crippen LogP contribution in [0.1, 0.15) is 17.0 Å². The van der Waals surface area contributed by atoms with Gasteiger partial charge in [-0.1, -0.05) is 48.5 Å². The molecule has 1 atom stereocenters. The number of amides is 1. The number of hydrogen-bond donors (Lipinski definition) is 2. The lowest BCUT2D eigenvalue weighted by Gasteiger charge is -2.31. The van der Waals surface area contributed by atoms with Crippen LogP contribution in [0, 0.1) is 5.82 Å². The van der Waals surface area contributed by atoms with Gasteiger partial charge in [0, 0.05) is 38.8 Å². The van der Waals surface area contributed by atoms with Crippen molar-refractivity contribution < 1.29 is 13.9 Å². The van der Waals surface area contributed by atoms with Crippen molar-refractivity contribution in [3.05, 3.63) is 71.5 Å². The van der Waals surface area contributed by atoms with Crippen LogP contribution >= 0.6 is 0 Å². The van der Waals surface area contributed by atoms with E-state index in [-0.39, 0.29) is 17.6 Å². The molecular weight excluding hydrogens is 371 g/mol. The van der Waals surface area contributed by atoms with Crippen molar-refractivity contribution in [3.63, 3.8) is 0 Å². The number of hydrogen-bond acceptors (Lipinski definition) is 3. The minimum atomic E-state index is -0.346. The summed E-state index contributed by atoms with van der Waals surface area (Å²) in [5, 5.41) is 6.32. The molecule has 154 valence electrons. The summed E-state index contributed by atoms with van der Waals surface area (Å²) in [6.07, 6.45) is 0. The Kier molecular flexibility index (Phi) is 7.58. The highest BCUT2D eigenvalue weighted by Gasteiger charge is 2.27. The van der Waals surface area contributed by atoms with E-state index in [1.165, 1.54) is 6.07 Å². The van der Waals surface area contributed by atoms with Crippen LogP contribution in [0.2, 0.25) is 0 Å². The van der Waals surface area contributed by atoms with Gasteiger partial charge < -0.3 is 20.3 Å². The first-order valence-corrected chi connectivity index (χ1v) is 9.78. The van der Waals surface area contributed by atoms with Crippen molar-refractivity contribution in [2.45, 2.75) is 12.5 Å². The molecule has 1 aliphatic heterocycles. The highest BCUT2D eigenvalue weighted by molar-refractivity contribution is 5.86. The minimum absolute atomic E-state index is 0.0663. The van der Waals surface area contributed by atoms with Gasteiger partial charge in [-0.2, -0.15) is 0 Å². The Balaban J connectivity index is 1.65. The molecule has 6 nitrogen and oxygen atoms in total. The molecule has 7 heteroatoms. The van der Waals surface area contributed by atoms with E-state index in [9.17, 15) is 9.18 Å². The molecule has 1 saturated heterocycles. The maximum Gasteiger partial charge on any atom is 0.232 e. The third kappa shape index (κ3) is 5.77. The number of carbonyl (C=O) groups is 1. The topological polar surface area (TPSA) is 66.0 Å². The van der Waals surface area contributed by atoms with Crippen LogP contribution in [0.3, 0.4) is 0 Å². The van der Waals surface area contributed by atoms with Crippen molar-refractivity contribution in [3.8, 4) is 0 Å². The molecule has 1 fully saturated rings. The molecule has 0 radical (unpaired) electrons. The van der Waals surface area contributed by atoms with Crippen molar-refractivity contribution >= 4 is 11.9 Å². The van der Waals surface area contributed by atoms with E-state index in [1.807, 2.05) is 35.2 Å². The second-order valence-corrected chi connectivity index (χ2v) is 6.80. The van der Waals surface area contributed by atoms with Crippen molar-refractivity contribution in [2.75, 3.05) is 39.9 Å². The van der Waals surface area contributed by atoms with Crippen molar-refractivity contribution in [1.29, 1.82) is 0 Å². The summed E-state index contributed by atoms with van der Waals surface area (Å²) in [4.78, 5) is 19.2. The van der Waals surface area contributed by atoms with E-state index in [2.05, 4.69) is 15.6 Å². The maximum atomic E-state index is 13.8. The number of halogens is 1. The Morgan fingerprint density at radius 3 is 2.48 bits per heavy atom. The number of nitrogens with one attached hydrogen (secondary N) is 2. The monoisotopic (exact) mass is 398 g/mol. The van der Waals surface area contributed by atoms with Gasteiger partial charge in [0.2, 0.25) is 5.91 Å². The molecule has 2 aromatic rings. The molecule has 1 heterocycles. The minimum Gasteiger partial charge on any atom is -0.378 e. The van der Waals surface area contributed by atoms with E-state index in [1.54, 1.807) is 25.2 Å². The Morgan fingerprint density at radius 1 is 1.10 bits per heavy atom. The average Bonchev–Trinajstić information content (AvgIpc) is 2.78. The second kappa shape index (κ2) is 10.6. The molecule has 0 spiro atoms. The lowest BCUT2D eigenvalue weighted by molar-refractivity contribution is -0.136. The lowest BCUT2D eigenvalue weighted by atomic mass is 9.97. The second-order valence-electron chi connectivity index (χ2n) is 6.80. The third-order valence-electron chi connectivity index (χ3n) is 4.92. The third-order valence-corrected chi connectivity index (χ3v) is 4.92. The van der Waals surface area contributed by atoms with E-state index < -0.39 is 0 Å². The fourth-order valence-electron chi connectivity index (χ4n) is 3.28. The number of guanidine groups is 1. The number of ether oxygens (including phenoxy) is 1. The number of aliphatic imine (C=N–C) groups is 1. The molecule has 1 aliphatic rings. The first-order chi connectivity index (χ1) is 14.2. The van der Waals surface area contributed by atoms with E-state index >= 15 is 0 Å². The van der Waals surface area contributed by atoms with Crippen LogP contribution < -0.4 is 10.6 Å². The summed E-state index contributed by atoms with van der Waals surface area (Å²) >= 11 is 0. The molecule has 0 aliphatic carbocycles. The molecule has 0 saturated carbocycles. The molecule has 0 aromatic heterocycles. The van der Waals surface area contributed by atoms with Gasteiger partial charge >= 0.3 is 0 Å². The van der Waals surface area contributed by atoms with E-state index in [0.717, 1.165) is 5.56 Å². The molecule has 1 unspecified atom stereocenters. The van der Waals surface area contributed by atoms with Crippen LogP contribution in [0.5, 0.6) is 0 Å². The van der Waals surface area contributed by atoms with Gasteiger partial charge in [0.15, 0.2) is 5.96 Å². The van der Waals surface area contributed by atoms with Gasteiger partial charge in [0.05, 0.1) is 19.1 Å². The molecule has 1 amide bonds. The van der Waals surface area contributed by atoms with Gasteiger partial charge in [-0.05, 0) is 11.6 Å². The molecule has 3 rings (SSSR count). The summed E-state index contributed by atoms with van der Waals surface area (Å²) in [7, 11) is 1.65. The smallest absolute Gasteiger partial charge is 0.232 e. The van der Waals surface area contributed by atoms with Crippen molar-refractivity contribution in [2.24, 2.45) is 4.99 Å². The zero-order valence-electron chi connectivity index (χ0n) is 16.6. The molecule has 2 N–H and O–H groups in total. The first kappa shape index (κ1) is 20.8. The Morgan fingerprint density at radius 2 is 1.79 bits per heavy atom. The lowest BCUT2D eigenvalue weighted by Crippen LogP contribution is -2.47. The Hall–Kier alpha value is -2.93. The quantitative estimate of drug-likeness (QED) is 0.578. The number of rotatable bonds is 6. The fraction of sp³-hybridized carbons (Fsp3) is 0.364. The van der Waals surface area contributed by atoms with Gasteiger partial charge in [0.25, 0.3) is 0 Å². The van der Waals surface area contributed by atoms with Crippen molar-refractivity contribution in [1.82, 2.24) is 15.5 Å². The van der Waals surface area contributed by atoms with Crippen LogP contribution in [-0.4, -0.2) is 56.7 Å². The van der Waals surface area contributed by atoms with Gasteiger partial charge in [-0.15, -0.1) is 0 Å². The van der Waals surface area contributed by atoms with Gasteiger partial charge in [0.1, 0.15) is 5.82 Å². The molecular formula is C22H27FN4O2. The maximum absolute atomic E-state index is 13.8. The van der Waals surface area contributed by atoms with E-state index in [4.69, 9.17) is 4.74 Å². The van der Waals surface area contributed by atoms with Gasteiger partial charge in [-0.25, -0.2) is 4.39 Å². The Labute approximate surface area is 170 Å². The summed E-state index contributed by atoms with van der Waals surface area (Å²) in [6, 6.07) is 16.3. The van der Waals surface area contributed by atoms with Crippen LogP contribution in [0.25, 0.3) is 0 Å². The normalized spacial score (nSPS) is 15.7. The number of nitrogens with zero attached hydrogens (tertiary/aromatic N) is 2. The van der Waals surface area contributed by atoms with Crippen LogP contribution in [0.4, 0.5) is 4.39 Å². The summed E-state index contributed by atoms with van der Waals surface area (Å²) in [6.45, 7) is 3.01. The zero-order valence-corrected chi connectivity index (χ0v) is 16.6. The largest absolute Gasteiger partial charge is 0.378 e. The molecule has 2 aromatic carbocycles. The SMILES string of the molecule is CN=C(NCc1ccccc1F)NCC(C(=O)N1CCOCC1)c1ccccc1. The number of carbonyl (C=O) groups excluding carboxylic acids is 1. The summed E-state index contributed by atoms with van der Waals surface area (Å²) in [5.74, 6) is -0.0260. The number of benzene rings is 2. The summed E-state index contributed by atoms with van der Waals surface area (Å²) < 4.78 is 19.2. The Bertz CT molecular complexity index is 823. The average molecular weight is 398 g/mol.